The molecule has 2 heterocycles. The summed E-state index contributed by atoms with van der Waals surface area (Å²) in [7, 11) is 1.80. The van der Waals surface area contributed by atoms with Crippen molar-refractivity contribution in [3.8, 4) is 0 Å². The summed E-state index contributed by atoms with van der Waals surface area (Å²) in [6, 6.07) is 2.32. The van der Waals surface area contributed by atoms with E-state index in [0.717, 1.165) is 37.4 Å². The van der Waals surface area contributed by atoms with Crippen LogP contribution in [0.4, 0.5) is 10.6 Å². The standard InChI is InChI=1S/C16H24N4O2/c1-16(2,3)22-15(21)19(4)12-9-20(10-12)14-8-11-6-5-7-13(11)17-18-14/h8,12H,5-7,9-10H2,1-4H3. The molecule has 1 aliphatic heterocycles. The van der Waals surface area contributed by atoms with Crippen molar-refractivity contribution in [2.45, 2.75) is 51.7 Å². The van der Waals surface area contributed by atoms with Crippen molar-refractivity contribution in [3.63, 3.8) is 0 Å². The highest BCUT2D eigenvalue weighted by atomic mass is 16.6. The van der Waals surface area contributed by atoms with Gasteiger partial charge < -0.3 is 14.5 Å². The Morgan fingerprint density at radius 2 is 2.05 bits per heavy atom. The Balaban J connectivity index is 1.56. The van der Waals surface area contributed by atoms with Gasteiger partial charge in [-0.15, -0.1) is 5.10 Å². The third-order valence-electron chi connectivity index (χ3n) is 4.22. The Morgan fingerprint density at radius 3 is 2.73 bits per heavy atom. The molecule has 1 aromatic rings. The Kier molecular flexibility index (Phi) is 3.70. The molecule has 120 valence electrons. The van der Waals surface area contributed by atoms with Gasteiger partial charge in [0.15, 0.2) is 5.82 Å². The number of nitrogens with zero attached hydrogens (tertiary/aromatic N) is 4. The van der Waals surface area contributed by atoms with Crippen molar-refractivity contribution in [2.75, 3.05) is 25.0 Å². The van der Waals surface area contributed by atoms with E-state index in [-0.39, 0.29) is 12.1 Å². The van der Waals surface area contributed by atoms with Crippen molar-refractivity contribution in [1.29, 1.82) is 0 Å². The van der Waals surface area contributed by atoms with Crippen LogP contribution in [-0.4, -0.2) is 53.0 Å². The fourth-order valence-corrected chi connectivity index (χ4v) is 2.84. The molecule has 1 amide bonds. The Morgan fingerprint density at radius 1 is 1.32 bits per heavy atom. The maximum atomic E-state index is 12.0. The van der Waals surface area contributed by atoms with Gasteiger partial charge in [-0.2, -0.15) is 5.10 Å². The molecule has 0 N–H and O–H groups in total. The third kappa shape index (κ3) is 3.00. The maximum absolute atomic E-state index is 12.0. The Hall–Kier alpha value is -1.85. The zero-order valence-electron chi connectivity index (χ0n) is 13.8. The molecule has 0 atom stereocenters. The van der Waals surface area contributed by atoms with E-state index in [1.807, 2.05) is 20.8 Å². The van der Waals surface area contributed by atoms with E-state index >= 15 is 0 Å². The van der Waals surface area contributed by atoms with Crippen LogP contribution >= 0.6 is 0 Å². The van der Waals surface area contributed by atoms with Crippen LogP contribution < -0.4 is 4.90 Å². The molecule has 1 fully saturated rings. The number of anilines is 1. The van der Waals surface area contributed by atoms with E-state index in [2.05, 4.69) is 21.2 Å². The van der Waals surface area contributed by atoms with Crippen molar-refractivity contribution < 1.29 is 9.53 Å². The van der Waals surface area contributed by atoms with Crippen molar-refractivity contribution in [1.82, 2.24) is 15.1 Å². The van der Waals surface area contributed by atoms with Gasteiger partial charge in [0.05, 0.1) is 11.7 Å². The molecule has 0 saturated carbocycles. The van der Waals surface area contributed by atoms with Crippen LogP contribution in [0.15, 0.2) is 6.07 Å². The van der Waals surface area contributed by atoms with E-state index in [4.69, 9.17) is 4.74 Å². The smallest absolute Gasteiger partial charge is 0.410 e. The van der Waals surface area contributed by atoms with Gasteiger partial charge in [0.25, 0.3) is 0 Å². The summed E-state index contributed by atoms with van der Waals surface area (Å²) in [4.78, 5) is 15.9. The number of likely N-dealkylation sites (N-methyl/N-ethyl adjacent to an activating group) is 1. The first kappa shape index (κ1) is 15.1. The van der Waals surface area contributed by atoms with Crippen molar-refractivity contribution in [2.24, 2.45) is 0 Å². The summed E-state index contributed by atoms with van der Waals surface area (Å²) >= 11 is 0. The monoisotopic (exact) mass is 304 g/mol. The number of rotatable bonds is 2. The molecule has 6 heteroatoms. The number of carbonyl (C=O) groups excluding carboxylic acids is 1. The molecule has 1 saturated heterocycles. The number of amides is 1. The summed E-state index contributed by atoms with van der Waals surface area (Å²) in [5.41, 5.74) is 2.01. The third-order valence-corrected chi connectivity index (χ3v) is 4.22. The number of aromatic nitrogens is 2. The predicted octanol–water partition coefficient (Wildman–Crippen LogP) is 2.02. The lowest BCUT2D eigenvalue weighted by atomic mass is 10.1. The quantitative estimate of drug-likeness (QED) is 0.836. The highest BCUT2D eigenvalue weighted by molar-refractivity contribution is 5.69. The first-order chi connectivity index (χ1) is 10.3. The zero-order chi connectivity index (χ0) is 15.9. The van der Waals surface area contributed by atoms with E-state index in [9.17, 15) is 4.79 Å². The molecular weight excluding hydrogens is 280 g/mol. The lowest BCUT2D eigenvalue weighted by molar-refractivity contribution is 0.0196. The normalized spacial score (nSPS) is 17.9. The van der Waals surface area contributed by atoms with Gasteiger partial charge in [-0.3, -0.25) is 0 Å². The molecule has 0 unspecified atom stereocenters. The predicted molar refractivity (Wildman–Crippen MR) is 84.1 cm³/mol. The molecule has 0 bridgehead atoms. The lowest BCUT2D eigenvalue weighted by Gasteiger charge is -2.44. The molecule has 0 spiro atoms. The Labute approximate surface area is 131 Å². The van der Waals surface area contributed by atoms with Crippen LogP contribution in [0.5, 0.6) is 0 Å². The molecule has 22 heavy (non-hydrogen) atoms. The SMILES string of the molecule is CN(C(=O)OC(C)(C)C)C1CN(c2cc3c(nn2)CCC3)C1. The summed E-state index contributed by atoms with van der Waals surface area (Å²) in [6.07, 6.45) is 3.06. The van der Waals surface area contributed by atoms with Gasteiger partial charge in [-0.05, 0) is 51.7 Å². The number of carbonyl (C=O) groups is 1. The van der Waals surface area contributed by atoms with E-state index in [0.29, 0.717) is 0 Å². The summed E-state index contributed by atoms with van der Waals surface area (Å²) in [6.45, 7) is 7.20. The summed E-state index contributed by atoms with van der Waals surface area (Å²) < 4.78 is 5.40. The van der Waals surface area contributed by atoms with Gasteiger partial charge in [0.1, 0.15) is 5.60 Å². The van der Waals surface area contributed by atoms with Gasteiger partial charge in [-0.1, -0.05) is 0 Å². The average molecular weight is 304 g/mol. The fourth-order valence-electron chi connectivity index (χ4n) is 2.84. The van der Waals surface area contributed by atoms with Crippen molar-refractivity contribution >= 4 is 11.9 Å². The van der Waals surface area contributed by atoms with Crippen molar-refractivity contribution in [3.05, 3.63) is 17.3 Å². The maximum Gasteiger partial charge on any atom is 0.410 e. The number of hydrogen-bond donors (Lipinski definition) is 0. The van der Waals surface area contributed by atoms with Crippen LogP contribution in [0, 0.1) is 0 Å². The van der Waals surface area contributed by atoms with Gasteiger partial charge in [0, 0.05) is 20.1 Å². The molecule has 0 radical (unpaired) electrons. The fraction of sp³-hybridized carbons (Fsp3) is 0.688. The minimum absolute atomic E-state index is 0.171. The first-order valence-corrected chi connectivity index (χ1v) is 7.90. The highest BCUT2D eigenvalue weighted by Crippen LogP contribution is 2.26. The number of hydrogen-bond acceptors (Lipinski definition) is 5. The first-order valence-electron chi connectivity index (χ1n) is 7.90. The molecule has 6 nitrogen and oxygen atoms in total. The Bertz CT molecular complexity index is 576. The molecule has 3 rings (SSSR count). The van der Waals surface area contributed by atoms with E-state index in [1.165, 1.54) is 12.0 Å². The number of aryl methyl sites for hydroxylation is 2. The second-order valence-corrected chi connectivity index (χ2v) is 7.18. The molecule has 0 aromatic carbocycles. The molecule has 1 aliphatic carbocycles. The van der Waals surface area contributed by atoms with Crippen LogP contribution in [-0.2, 0) is 17.6 Å². The average Bonchev–Trinajstić information content (AvgIpc) is 2.82. The van der Waals surface area contributed by atoms with Crippen LogP contribution in [0.2, 0.25) is 0 Å². The molecular formula is C16H24N4O2. The summed E-state index contributed by atoms with van der Waals surface area (Å²) in [5, 5.41) is 8.63. The second kappa shape index (κ2) is 5.41. The van der Waals surface area contributed by atoms with Crippen LogP contribution in [0.3, 0.4) is 0 Å². The van der Waals surface area contributed by atoms with E-state index < -0.39 is 5.60 Å². The van der Waals surface area contributed by atoms with Gasteiger partial charge in [0.2, 0.25) is 0 Å². The minimum atomic E-state index is -0.458. The number of ether oxygens (including phenoxy) is 1. The highest BCUT2D eigenvalue weighted by Gasteiger charge is 2.35. The lowest BCUT2D eigenvalue weighted by Crippen LogP contribution is -2.60. The van der Waals surface area contributed by atoms with Gasteiger partial charge in [-0.25, -0.2) is 4.79 Å². The largest absolute Gasteiger partial charge is 0.444 e. The number of fused-ring (bicyclic) bond motifs is 1. The molecule has 1 aromatic heterocycles. The second-order valence-electron chi connectivity index (χ2n) is 7.18. The van der Waals surface area contributed by atoms with Crippen LogP contribution in [0.25, 0.3) is 0 Å². The molecule has 2 aliphatic rings. The minimum Gasteiger partial charge on any atom is -0.444 e. The van der Waals surface area contributed by atoms with Crippen LogP contribution in [0.1, 0.15) is 38.4 Å². The van der Waals surface area contributed by atoms with E-state index in [1.54, 1.807) is 11.9 Å². The zero-order valence-corrected chi connectivity index (χ0v) is 13.8. The van der Waals surface area contributed by atoms with Gasteiger partial charge >= 0.3 is 6.09 Å². The topological polar surface area (TPSA) is 58.6 Å². The summed E-state index contributed by atoms with van der Waals surface area (Å²) in [5.74, 6) is 0.925.